The molecule has 2 saturated carbocycles. The van der Waals surface area contributed by atoms with Crippen molar-refractivity contribution in [1.29, 1.82) is 0 Å². The number of sulfonamides is 1. The van der Waals surface area contributed by atoms with Crippen LogP contribution in [0.15, 0.2) is 36.9 Å². The van der Waals surface area contributed by atoms with Crippen LogP contribution in [-0.2, 0) is 40.3 Å². The fourth-order valence-corrected chi connectivity index (χ4v) is 7.89. The number of nitrogens with zero attached hydrogens (tertiary/aromatic N) is 1. The van der Waals surface area contributed by atoms with Crippen LogP contribution in [0.2, 0.25) is 0 Å². The zero-order valence-corrected chi connectivity index (χ0v) is 28.7. The van der Waals surface area contributed by atoms with Gasteiger partial charge in [-0.1, -0.05) is 56.9 Å². The molecule has 49 heavy (non-hydrogen) atoms. The third kappa shape index (κ3) is 8.91. The fourth-order valence-electron chi connectivity index (χ4n) is 6.53. The number of alkyl carbamates (subject to hydrolysis) is 1. The quantitative estimate of drug-likeness (QED) is 0.280. The monoisotopic (exact) mass is 701 g/mol. The number of amides is 5. The van der Waals surface area contributed by atoms with Crippen LogP contribution < -0.4 is 20.7 Å². The second kappa shape index (κ2) is 15.6. The number of aryl methyl sites for hydroxylation is 1. The number of hydrogen-bond acceptors (Lipinski definition) is 9. The van der Waals surface area contributed by atoms with E-state index in [0.29, 0.717) is 37.8 Å². The average Bonchev–Trinajstić information content (AvgIpc) is 3.99. The molecule has 4 aliphatic rings. The summed E-state index contributed by atoms with van der Waals surface area (Å²) in [5.41, 5.74) is -0.0353. The van der Waals surface area contributed by atoms with Gasteiger partial charge in [-0.15, -0.1) is 6.58 Å². The average molecular weight is 702 g/mol. The molecule has 0 spiro atoms. The van der Waals surface area contributed by atoms with Crippen molar-refractivity contribution in [3.8, 4) is 0 Å². The zero-order valence-electron chi connectivity index (χ0n) is 27.9. The number of ether oxygens (including phenoxy) is 2. The number of cyclic esters (lactones) is 1. The number of nitrogens with one attached hydrogen (secondary N) is 4. The van der Waals surface area contributed by atoms with Crippen LogP contribution in [0.5, 0.6) is 0 Å². The van der Waals surface area contributed by atoms with E-state index in [1.165, 1.54) is 11.0 Å². The minimum Gasteiger partial charge on any atom is -0.450 e. The Kier molecular flexibility index (Phi) is 11.5. The highest BCUT2D eigenvalue weighted by atomic mass is 32.2. The summed E-state index contributed by atoms with van der Waals surface area (Å²) in [5.74, 6) is -2.67. The predicted molar refractivity (Wildman–Crippen MR) is 180 cm³/mol. The minimum absolute atomic E-state index is 0.0889. The second-order valence-electron chi connectivity index (χ2n) is 13.4. The smallest absolute Gasteiger partial charge is 0.411 e. The third-order valence-electron chi connectivity index (χ3n) is 9.64. The first-order chi connectivity index (χ1) is 23.5. The highest BCUT2D eigenvalue weighted by Crippen LogP contribution is 2.45. The van der Waals surface area contributed by atoms with Gasteiger partial charge in [-0.25, -0.2) is 18.0 Å². The normalized spacial score (nSPS) is 28.2. The van der Waals surface area contributed by atoms with Crippen molar-refractivity contribution < 1.29 is 41.9 Å². The van der Waals surface area contributed by atoms with E-state index in [0.717, 1.165) is 31.2 Å². The maximum Gasteiger partial charge on any atom is 0.411 e. The topological polar surface area (TPSA) is 189 Å². The number of anilines is 1. The van der Waals surface area contributed by atoms with Crippen LogP contribution >= 0.6 is 0 Å². The van der Waals surface area contributed by atoms with E-state index in [4.69, 9.17) is 9.47 Å². The molecule has 5 rings (SSSR count). The number of benzene rings is 1. The van der Waals surface area contributed by atoms with Gasteiger partial charge in [0.05, 0.1) is 18.4 Å². The molecular formula is C34H47N5O9S. The lowest BCUT2D eigenvalue weighted by atomic mass is 10.0. The van der Waals surface area contributed by atoms with Gasteiger partial charge < -0.3 is 25.0 Å². The Hall–Kier alpha value is -4.14. The van der Waals surface area contributed by atoms with Crippen molar-refractivity contribution in [3.63, 3.8) is 0 Å². The highest BCUT2D eigenvalue weighted by molar-refractivity contribution is 7.91. The molecule has 2 aliphatic carbocycles. The number of hydrogen-bond donors (Lipinski definition) is 4. The Labute approximate surface area is 287 Å². The molecule has 0 radical (unpaired) electrons. The van der Waals surface area contributed by atoms with E-state index in [-0.39, 0.29) is 32.4 Å². The molecular weight excluding hydrogens is 654 g/mol. The predicted octanol–water partition coefficient (Wildman–Crippen LogP) is 3.28. The molecule has 15 heteroatoms. The number of fused-ring (bicyclic) bond motifs is 3. The summed E-state index contributed by atoms with van der Waals surface area (Å²) in [6.45, 7) is 5.71. The van der Waals surface area contributed by atoms with Crippen LogP contribution in [0.3, 0.4) is 0 Å². The first-order valence-electron chi connectivity index (χ1n) is 17.3. The van der Waals surface area contributed by atoms with Gasteiger partial charge >= 0.3 is 12.2 Å². The summed E-state index contributed by atoms with van der Waals surface area (Å²) in [7, 11) is -3.90. The number of unbranched alkanes of at least 4 members (excludes halogenated alkanes) is 1. The van der Waals surface area contributed by atoms with Gasteiger partial charge in [0, 0.05) is 18.0 Å². The van der Waals surface area contributed by atoms with Crippen LogP contribution in [0.4, 0.5) is 15.3 Å². The van der Waals surface area contributed by atoms with Crippen LogP contribution in [0.1, 0.15) is 83.1 Å². The Morgan fingerprint density at radius 3 is 2.57 bits per heavy atom. The van der Waals surface area contributed by atoms with Gasteiger partial charge in [0.15, 0.2) is 0 Å². The van der Waals surface area contributed by atoms with Gasteiger partial charge in [0.2, 0.25) is 21.8 Å². The summed E-state index contributed by atoms with van der Waals surface area (Å²) in [5, 5.41) is 7.55. The SMILES string of the molecule is C=C[C@@H]1C[C@]1(NC(=O)[C@@H]1C[C@@H]2CN1C(=O)[C@H](CCCC)NC(=O)OCCCCCCc1ccccc1NC(=O)O2)C(=O)NS(=O)(=O)C1CC1. The molecule has 5 atom stereocenters. The van der Waals surface area contributed by atoms with Crippen LogP contribution in [0.25, 0.3) is 0 Å². The summed E-state index contributed by atoms with van der Waals surface area (Å²) in [4.78, 5) is 68.6. The van der Waals surface area contributed by atoms with Gasteiger partial charge in [-0.05, 0) is 56.6 Å². The molecule has 2 bridgehead atoms. The van der Waals surface area contributed by atoms with E-state index in [9.17, 15) is 32.4 Å². The minimum atomic E-state index is -3.90. The summed E-state index contributed by atoms with van der Waals surface area (Å²) in [6, 6.07) is 5.18. The van der Waals surface area contributed by atoms with Crippen LogP contribution in [0, 0.1) is 5.92 Å². The van der Waals surface area contributed by atoms with Crippen molar-refractivity contribution in [3.05, 3.63) is 42.5 Å². The first-order valence-corrected chi connectivity index (χ1v) is 18.8. The lowest BCUT2D eigenvalue weighted by molar-refractivity contribution is -0.141. The van der Waals surface area contributed by atoms with Gasteiger partial charge in [0.25, 0.3) is 5.91 Å². The summed E-state index contributed by atoms with van der Waals surface area (Å²) >= 11 is 0. The number of para-hydroxylation sites is 1. The molecule has 268 valence electrons. The van der Waals surface area contributed by atoms with E-state index in [1.54, 1.807) is 12.1 Å². The molecule has 5 amide bonds. The number of carbonyl (C=O) groups is 5. The van der Waals surface area contributed by atoms with E-state index >= 15 is 0 Å². The Balaban J connectivity index is 1.39. The zero-order chi connectivity index (χ0) is 35.2. The molecule has 2 heterocycles. The number of carbonyl (C=O) groups excluding carboxylic acids is 5. The lowest BCUT2D eigenvalue weighted by Crippen LogP contribution is -2.58. The maximum atomic E-state index is 14.1. The van der Waals surface area contributed by atoms with E-state index in [2.05, 4.69) is 27.3 Å². The van der Waals surface area contributed by atoms with Crippen molar-refractivity contribution in [2.75, 3.05) is 18.5 Å². The molecule has 0 aromatic heterocycles. The first kappa shape index (κ1) is 36.1. The maximum absolute atomic E-state index is 14.1. The molecule has 3 fully saturated rings. The molecule has 1 aromatic rings. The van der Waals surface area contributed by atoms with Gasteiger partial charge in [-0.3, -0.25) is 24.4 Å². The molecule has 0 unspecified atom stereocenters. The standard InChI is InChI=1S/C34H47N5O9S/c1-3-5-14-27-30(41)39-21-24(19-28(39)29(40)37-34(20-23(34)4-2)31(42)38-49(45,46)25-16-17-25)48-33(44)35-26-15-10-9-13-22(26)12-8-6-7-11-18-47-32(43)36-27/h4,9-10,13,15,23-25,27-28H,2-3,5-8,11-12,14,16-21H2,1H3,(H,35,44)(H,36,43)(H,37,40)(H,38,42)/t23-,24-,27+,28+,34-/m1/s1. The molecule has 14 nitrogen and oxygen atoms in total. The second-order valence-corrected chi connectivity index (χ2v) is 15.3. The van der Waals surface area contributed by atoms with Gasteiger partial charge in [0.1, 0.15) is 23.7 Å². The Morgan fingerprint density at radius 2 is 1.86 bits per heavy atom. The number of rotatable bonds is 9. The van der Waals surface area contributed by atoms with Crippen LogP contribution in [-0.4, -0.2) is 85.4 Å². The molecule has 1 aromatic carbocycles. The largest absolute Gasteiger partial charge is 0.450 e. The van der Waals surface area contributed by atoms with Crippen molar-refractivity contribution >= 4 is 45.6 Å². The van der Waals surface area contributed by atoms with Crippen molar-refractivity contribution in [2.45, 2.75) is 113 Å². The lowest BCUT2D eigenvalue weighted by Gasteiger charge is -2.29. The van der Waals surface area contributed by atoms with E-state index < -0.39 is 74.8 Å². The highest BCUT2D eigenvalue weighted by Gasteiger charge is 2.62. The summed E-state index contributed by atoms with van der Waals surface area (Å²) < 4.78 is 38.4. The molecule has 2 aliphatic heterocycles. The van der Waals surface area contributed by atoms with Crippen molar-refractivity contribution in [1.82, 2.24) is 20.3 Å². The summed E-state index contributed by atoms with van der Waals surface area (Å²) in [6.07, 6.45) is 5.60. The van der Waals surface area contributed by atoms with E-state index in [1.807, 2.05) is 19.1 Å². The fraction of sp³-hybridized carbons (Fsp3) is 0.618. The molecule has 1 saturated heterocycles. The van der Waals surface area contributed by atoms with Gasteiger partial charge in [-0.2, -0.15) is 0 Å². The van der Waals surface area contributed by atoms with Crippen molar-refractivity contribution in [2.24, 2.45) is 5.92 Å². The Morgan fingerprint density at radius 1 is 1.10 bits per heavy atom. The third-order valence-corrected chi connectivity index (χ3v) is 11.5. The molecule has 4 N–H and O–H groups in total. The Bertz CT molecular complexity index is 1550.